The molecule has 0 unspecified atom stereocenters. The van der Waals surface area contributed by atoms with Crippen molar-refractivity contribution in [3.63, 3.8) is 0 Å². The molecular weight excluding hydrogens is 320 g/mol. The molecule has 3 heterocycles. The zero-order valence-electron chi connectivity index (χ0n) is 14.3. The molecule has 132 valence electrons. The number of thiophene rings is 1. The number of nitrogens with one attached hydrogen (secondary N) is 1. The van der Waals surface area contributed by atoms with E-state index in [0.717, 1.165) is 51.9 Å². The zero-order valence-corrected chi connectivity index (χ0v) is 15.1. The van der Waals surface area contributed by atoms with Gasteiger partial charge in [0.25, 0.3) is 0 Å². The highest BCUT2D eigenvalue weighted by atomic mass is 32.1. The number of hydrogen-bond donors (Lipinski definition) is 1. The molecule has 2 amide bonds. The topological polar surface area (TPSA) is 38.8 Å². The minimum absolute atomic E-state index is 0.117. The molecule has 1 aromatic rings. The SMILES string of the molecule is O=C(NC[C@H](c1cccs1)N1CCCC1)N1CCN(C2CC2)CC1. The molecule has 0 spiro atoms. The lowest BCUT2D eigenvalue weighted by molar-refractivity contribution is 0.132. The molecule has 3 aliphatic rings. The lowest BCUT2D eigenvalue weighted by Gasteiger charge is -2.35. The number of carbonyl (C=O) groups excluding carboxylic acids is 1. The third kappa shape index (κ3) is 3.76. The first-order valence-electron chi connectivity index (χ1n) is 9.35. The van der Waals surface area contributed by atoms with Gasteiger partial charge < -0.3 is 10.2 Å². The van der Waals surface area contributed by atoms with Crippen LogP contribution in [0.3, 0.4) is 0 Å². The maximum absolute atomic E-state index is 12.6. The van der Waals surface area contributed by atoms with Crippen molar-refractivity contribution in [2.45, 2.75) is 37.8 Å². The average molecular weight is 349 g/mol. The molecule has 2 aliphatic heterocycles. The molecule has 24 heavy (non-hydrogen) atoms. The van der Waals surface area contributed by atoms with Crippen LogP contribution < -0.4 is 5.32 Å². The fraction of sp³-hybridized carbons (Fsp3) is 0.722. The Morgan fingerprint density at radius 1 is 1.17 bits per heavy atom. The molecule has 4 rings (SSSR count). The van der Waals surface area contributed by atoms with E-state index in [0.29, 0.717) is 6.04 Å². The van der Waals surface area contributed by atoms with Crippen LogP contribution in [0.1, 0.15) is 36.6 Å². The van der Waals surface area contributed by atoms with Crippen LogP contribution in [0, 0.1) is 0 Å². The highest BCUT2D eigenvalue weighted by Gasteiger charge is 2.32. The number of rotatable bonds is 5. The minimum atomic E-state index is 0.117. The number of urea groups is 1. The number of hydrogen-bond acceptors (Lipinski definition) is 4. The van der Waals surface area contributed by atoms with Crippen LogP contribution in [0.25, 0.3) is 0 Å². The summed E-state index contributed by atoms with van der Waals surface area (Å²) in [6.45, 7) is 6.85. The van der Waals surface area contributed by atoms with Gasteiger partial charge in [0.05, 0.1) is 6.04 Å². The van der Waals surface area contributed by atoms with Gasteiger partial charge in [-0.2, -0.15) is 0 Å². The highest BCUT2D eigenvalue weighted by Crippen LogP contribution is 2.29. The van der Waals surface area contributed by atoms with Crippen LogP contribution in [0.2, 0.25) is 0 Å². The van der Waals surface area contributed by atoms with E-state index in [2.05, 4.69) is 32.6 Å². The normalized spacial score (nSPS) is 24.2. The van der Waals surface area contributed by atoms with E-state index in [1.165, 1.54) is 30.6 Å². The van der Waals surface area contributed by atoms with Crippen molar-refractivity contribution in [1.82, 2.24) is 20.0 Å². The Labute approximate surface area is 148 Å². The fourth-order valence-corrected chi connectivity index (χ4v) is 4.83. The second-order valence-electron chi connectivity index (χ2n) is 7.21. The Kier molecular flexibility index (Phi) is 5.06. The van der Waals surface area contributed by atoms with Crippen LogP contribution in [-0.4, -0.2) is 72.6 Å². The predicted octanol–water partition coefficient (Wildman–Crippen LogP) is 2.37. The maximum atomic E-state index is 12.6. The van der Waals surface area contributed by atoms with E-state index < -0.39 is 0 Å². The lowest BCUT2D eigenvalue weighted by Crippen LogP contribution is -2.53. The van der Waals surface area contributed by atoms with Gasteiger partial charge in [-0.3, -0.25) is 9.80 Å². The smallest absolute Gasteiger partial charge is 0.317 e. The first-order valence-corrected chi connectivity index (χ1v) is 10.2. The third-order valence-electron chi connectivity index (χ3n) is 5.56. The van der Waals surface area contributed by atoms with Gasteiger partial charge >= 0.3 is 6.03 Å². The van der Waals surface area contributed by atoms with E-state index in [9.17, 15) is 4.79 Å². The summed E-state index contributed by atoms with van der Waals surface area (Å²) in [5, 5.41) is 5.35. The summed E-state index contributed by atoms with van der Waals surface area (Å²) in [6.07, 6.45) is 5.26. The first-order chi connectivity index (χ1) is 11.8. The minimum Gasteiger partial charge on any atom is -0.336 e. The van der Waals surface area contributed by atoms with Crippen molar-refractivity contribution in [3.8, 4) is 0 Å². The standard InChI is InChI=1S/C18H28N4OS/c23-18(22-11-9-20(10-12-22)15-5-6-15)19-14-16(17-4-3-13-24-17)21-7-1-2-8-21/h3-4,13,15-16H,1-2,5-12,14H2,(H,19,23)/t16-/m1/s1. The van der Waals surface area contributed by atoms with Gasteiger partial charge in [-0.05, 0) is 50.2 Å². The molecule has 2 saturated heterocycles. The van der Waals surface area contributed by atoms with Crippen LogP contribution in [-0.2, 0) is 0 Å². The van der Waals surface area contributed by atoms with Gasteiger partial charge in [0.15, 0.2) is 0 Å². The van der Waals surface area contributed by atoms with Crippen LogP contribution in [0.5, 0.6) is 0 Å². The maximum Gasteiger partial charge on any atom is 0.317 e. The number of amides is 2. The number of nitrogens with zero attached hydrogens (tertiary/aromatic N) is 3. The molecule has 1 aromatic heterocycles. The van der Waals surface area contributed by atoms with Gasteiger partial charge in [-0.1, -0.05) is 6.07 Å². The predicted molar refractivity (Wildman–Crippen MR) is 97.4 cm³/mol. The van der Waals surface area contributed by atoms with E-state index in [1.807, 2.05) is 4.90 Å². The van der Waals surface area contributed by atoms with Crippen molar-refractivity contribution in [2.75, 3.05) is 45.8 Å². The Morgan fingerprint density at radius 3 is 2.54 bits per heavy atom. The number of piperazine rings is 1. The largest absolute Gasteiger partial charge is 0.336 e. The van der Waals surface area contributed by atoms with Crippen molar-refractivity contribution in [2.24, 2.45) is 0 Å². The quantitative estimate of drug-likeness (QED) is 0.888. The summed E-state index contributed by atoms with van der Waals surface area (Å²) in [7, 11) is 0. The van der Waals surface area contributed by atoms with Gasteiger partial charge in [0.1, 0.15) is 0 Å². The van der Waals surface area contributed by atoms with Crippen molar-refractivity contribution < 1.29 is 4.79 Å². The average Bonchev–Trinajstić information content (AvgIpc) is 3.09. The van der Waals surface area contributed by atoms with Crippen molar-refractivity contribution >= 4 is 17.4 Å². The van der Waals surface area contributed by atoms with E-state index in [4.69, 9.17) is 0 Å². The molecule has 3 fully saturated rings. The molecule has 0 bridgehead atoms. The number of carbonyl (C=O) groups is 1. The van der Waals surface area contributed by atoms with Gasteiger partial charge in [-0.25, -0.2) is 4.79 Å². The first kappa shape index (κ1) is 16.4. The molecule has 1 N–H and O–H groups in total. The molecule has 5 nitrogen and oxygen atoms in total. The van der Waals surface area contributed by atoms with Crippen LogP contribution in [0.15, 0.2) is 17.5 Å². The Morgan fingerprint density at radius 2 is 1.92 bits per heavy atom. The van der Waals surface area contributed by atoms with Crippen molar-refractivity contribution in [3.05, 3.63) is 22.4 Å². The van der Waals surface area contributed by atoms with E-state index in [1.54, 1.807) is 11.3 Å². The molecule has 1 aliphatic carbocycles. The summed E-state index contributed by atoms with van der Waals surface area (Å²) in [4.78, 5) is 21.0. The summed E-state index contributed by atoms with van der Waals surface area (Å²) in [5.74, 6) is 0. The molecule has 0 aromatic carbocycles. The molecule has 6 heteroatoms. The second-order valence-corrected chi connectivity index (χ2v) is 8.19. The summed E-state index contributed by atoms with van der Waals surface area (Å²) in [5.41, 5.74) is 0. The monoisotopic (exact) mass is 348 g/mol. The summed E-state index contributed by atoms with van der Waals surface area (Å²) >= 11 is 1.80. The lowest BCUT2D eigenvalue weighted by atomic mass is 10.2. The molecular formula is C18H28N4OS. The Bertz CT molecular complexity index is 531. The van der Waals surface area contributed by atoms with Gasteiger partial charge in [0.2, 0.25) is 0 Å². The highest BCUT2D eigenvalue weighted by molar-refractivity contribution is 7.10. The van der Waals surface area contributed by atoms with Crippen LogP contribution in [0.4, 0.5) is 4.79 Å². The fourth-order valence-electron chi connectivity index (χ4n) is 3.97. The molecule has 0 radical (unpaired) electrons. The summed E-state index contributed by atoms with van der Waals surface area (Å²) in [6, 6.07) is 5.58. The number of likely N-dealkylation sites (tertiary alicyclic amines) is 1. The third-order valence-corrected chi connectivity index (χ3v) is 6.54. The van der Waals surface area contributed by atoms with Crippen molar-refractivity contribution in [1.29, 1.82) is 0 Å². The zero-order chi connectivity index (χ0) is 16.4. The summed E-state index contributed by atoms with van der Waals surface area (Å²) < 4.78 is 0. The van der Waals surface area contributed by atoms with Crippen LogP contribution >= 0.6 is 11.3 Å². The second kappa shape index (κ2) is 7.42. The molecule has 1 saturated carbocycles. The van der Waals surface area contributed by atoms with E-state index >= 15 is 0 Å². The van der Waals surface area contributed by atoms with Gasteiger partial charge in [0, 0.05) is 43.6 Å². The Hall–Kier alpha value is -1.11. The molecule has 1 atom stereocenters. The van der Waals surface area contributed by atoms with E-state index in [-0.39, 0.29) is 6.03 Å². The van der Waals surface area contributed by atoms with Gasteiger partial charge in [-0.15, -0.1) is 11.3 Å². The Balaban J connectivity index is 1.29.